The molecule has 1 heteroatoms. The zero-order chi connectivity index (χ0) is 12.7. The highest BCUT2D eigenvalue weighted by Gasteiger charge is 2.32. The zero-order valence-corrected chi connectivity index (χ0v) is 6.41. The Balaban J connectivity index is 5.78. The largest absolute Gasteiger partial charge is 0.378 e. The van der Waals surface area contributed by atoms with E-state index in [9.17, 15) is 0 Å². The van der Waals surface area contributed by atoms with Crippen molar-refractivity contribution in [1.82, 2.24) is 0 Å². The Morgan fingerprint density at radius 2 is 1.67 bits per heavy atom. The predicted molar refractivity (Wildman–Crippen MR) is 40.5 cm³/mol. The van der Waals surface area contributed by atoms with Crippen LogP contribution >= 0.6 is 0 Å². The summed E-state index contributed by atoms with van der Waals surface area (Å²) in [6.45, 7) is -0.754. The summed E-state index contributed by atoms with van der Waals surface area (Å²) in [6, 6.07) is 0. The summed E-state index contributed by atoms with van der Waals surface area (Å²) in [6.07, 6.45) is 0. The maximum Gasteiger partial charge on any atom is 0.0670 e. The summed E-state index contributed by atoms with van der Waals surface area (Å²) in [4.78, 5) is 0. The first-order chi connectivity index (χ1) is 6.31. The Hall–Kier alpha value is -0.0400. The van der Waals surface area contributed by atoms with Crippen molar-refractivity contribution < 1.29 is 13.0 Å². The van der Waals surface area contributed by atoms with Gasteiger partial charge in [0.2, 0.25) is 0 Å². The topological polar surface area (TPSA) is 9.23 Å². The van der Waals surface area contributed by atoms with Crippen LogP contribution in [-0.4, -0.2) is 12.7 Å². The molecule has 0 saturated carbocycles. The van der Waals surface area contributed by atoms with Gasteiger partial charge in [-0.3, -0.25) is 0 Å². The first-order valence-electron chi connectivity index (χ1n) is 5.86. The van der Waals surface area contributed by atoms with Gasteiger partial charge in [-0.25, -0.2) is 0 Å². The molecule has 0 bridgehead atoms. The number of hydrogen-bond acceptors (Lipinski definition) is 1. The van der Waals surface area contributed by atoms with E-state index in [0.717, 1.165) is 7.11 Å². The van der Waals surface area contributed by atoms with Crippen LogP contribution in [-0.2, 0) is 4.74 Å². The van der Waals surface area contributed by atoms with E-state index >= 15 is 0 Å². The summed E-state index contributed by atoms with van der Waals surface area (Å²) in [7, 11) is 1.13. The maximum absolute atomic E-state index is 7.40. The third-order valence-electron chi connectivity index (χ3n) is 1.36. The number of rotatable bonds is 1. The minimum atomic E-state index is -2.70. The van der Waals surface area contributed by atoms with Crippen LogP contribution in [0.3, 0.4) is 0 Å². The Kier molecular flexibility index (Phi) is 0.743. The van der Waals surface area contributed by atoms with Crippen LogP contribution in [0.1, 0.15) is 42.7 Å². The molecule has 0 unspecified atom stereocenters. The molecule has 0 saturated heterocycles. The maximum atomic E-state index is 7.40. The fourth-order valence-electron chi connectivity index (χ4n) is 0.306. The van der Waals surface area contributed by atoms with Crippen LogP contribution in [0.2, 0.25) is 0 Å². The summed E-state index contributed by atoms with van der Waals surface area (Å²) in [5, 5.41) is 0. The van der Waals surface area contributed by atoms with Gasteiger partial charge in [-0.2, -0.15) is 0 Å². The summed E-state index contributed by atoms with van der Waals surface area (Å²) in [5.74, 6) is 0. The lowest BCUT2D eigenvalue weighted by molar-refractivity contribution is -0.0620. The minimum Gasteiger partial charge on any atom is -0.378 e. The molecule has 0 spiro atoms. The fourth-order valence-corrected chi connectivity index (χ4v) is 0.306. The first kappa shape index (κ1) is 2.91. The van der Waals surface area contributed by atoms with Crippen LogP contribution in [0.4, 0.5) is 0 Å². The van der Waals surface area contributed by atoms with Crippen molar-refractivity contribution in [3.63, 3.8) is 0 Å². The van der Waals surface area contributed by atoms with Gasteiger partial charge in [0.05, 0.1) is 5.60 Å². The average molecular weight is 136 g/mol. The summed E-state index contributed by atoms with van der Waals surface area (Å²) < 4.78 is 49.3. The Morgan fingerprint density at radius 1 is 1.22 bits per heavy atom. The quantitative estimate of drug-likeness (QED) is 0.538. The standard InChI is InChI=1S/C8H18O/c1-7(2,3)8(4,5)9-6/h1-6H3/i4D3,5D3. The highest BCUT2D eigenvalue weighted by Crippen LogP contribution is 2.31. The van der Waals surface area contributed by atoms with Gasteiger partial charge in [0.25, 0.3) is 0 Å². The van der Waals surface area contributed by atoms with Gasteiger partial charge in [0.1, 0.15) is 0 Å². The molecule has 0 heterocycles. The van der Waals surface area contributed by atoms with Crippen molar-refractivity contribution in [3.8, 4) is 0 Å². The van der Waals surface area contributed by atoms with E-state index in [-0.39, 0.29) is 0 Å². The number of methoxy groups -OCH3 is 1. The van der Waals surface area contributed by atoms with E-state index in [1.54, 1.807) is 20.8 Å². The van der Waals surface area contributed by atoms with E-state index in [1.807, 2.05) is 0 Å². The van der Waals surface area contributed by atoms with Crippen molar-refractivity contribution in [2.75, 3.05) is 7.11 Å². The SMILES string of the molecule is [2H]C([2H])([2H])C(OC)(C([2H])([2H])[2H])C(C)(C)C. The smallest absolute Gasteiger partial charge is 0.0670 e. The zero-order valence-electron chi connectivity index (χ0n) is 12.4. The Labute approximate surface area is 66.8 Å². The second-order valence-corrected chi connectivity index (χ2v) is 3.14. The molecule has 0 atom stereocenters. The van der Waals surface area contributed by atoms with Crippen LogP contribution in [0.5, 0.6) is 0 Å². The molecule has 0 aliphatic heterocycles. The second-order valence-electron chi connectivity index (χ2n) is 3.14. The normalized spacial score (nSPS) is 26.7. The van der Waals surface area contributed by atoms with Crippen LogP contribution in [0, 0.1) is 5.41 Å². The molecule has 9 heavy (non-hydrogen) atoms. The van der Waals surface area contributed by atoms with Crippen molar-refractivity contribution in [2.45, 2.75) is 40.1 Å². The van der Waals surface area contributed by atoms with Gasteiger partial charge in [0, 0.05) is 15.3 Å². The molecule has 0 radical (unpaired) electrons. The lowest BCUT2D eigenvalue weighted by atomic mass is 9.79. The van der Waals surface area contributed by atoms with E-state index in [4.69, 9.17) is 13.0 Å². The third kappa shape index (κ3) is 1.98. The van der Waals surface area contributed by atoms with E-state index in [0.29, 0.717) is 0 Å². The van der Waals surface area contributed by atoms with Crippen molar-refractivity contribution >= 4 is 0 Å². The second kappa shape index (κ2) is 2.30. The number of hydrogen-bond donors (Lipinski definition) is 0. The predicted octanol–water partition coefficient (Wildman–Crippen LogP) is 2.46. The molecule has 1 nitrogen and oxygen atoms in total. The molecular formula is C8H18O. The van der Waals surface area contributed by atoms with Gasteiger partial charge in [-0.15, -0.1) is 0 Å². The van der Waals surface area contributed by atoms with Crippen molar-refractivity contribution in [2.24, 2.45) is 5.41 Å². The van der Waals surface area contributed by atoms with E-state index < -0.39 is 24.7 Å². The van der Waals surface area contributed by atoms with Crippen molar-refractivity contribution in [1.29, 1.82) is 0 Å². The average Bonchev–Trinajstić information content (AvgIpc) is 1.76. The van der Waals surface area contributed by atoms with E-state index in [2.05, 4.69) is 0 Å². The van der Waals surface area contributed by atoms with Gasteiger partial charge in [0.15, 0.2) is 0 Å². The highest BCUT2D eigenvalue weighted by molar-refractivity contribution is 4.82. The lowest BCUT2D eigenvalue weighted by Crippen LogP contribution is -2.38. The fraction of sp³-hybridized carbons (Fsp3) is 1.00. The van der Waals surface area contributed by atoms with Crippen LogP contribution in [0.25, 0.3) is 0 Å². The van der Waals surface area contributed by atoms with Gasteiger partial charge in [-0.1, -0.05) is 20.8 Å². The Bertz CT molecular complexity index is 185. The van der Waals surface area contributed by atoms with Crippen molar-refractivity contribution in [3.05, 3.63) is 0 Å². The molecule has 0 aromatic rings. The molecule has 0 N–H and O–H groups in total. The molecule has 0 aromatic carbocycles. The van der Waals surface area contributed by atoms with Gasteiger partial charge in [-0.05, 0) is 19.1 Å². The monoisotopic (exact) mass is 136 g/mol. The molecule has 0 amide bonds. The Morgan fingerprint density at radius 3 is 1.67 bits per heavy atom. The minimum absolute atomic E-state index is 1.02. The van der Waals surface area contributed by atoms with Gasteiger partial charge < -0.3 is 4.74 Å². The van der Waals surface area contributed by atoms with Crippen LogP contribution in [0.15, 0.2) is 0 Å². The summed E-state index contributed by atoms with van der Waals surface area (Å²) in [5.41, 5.74) is -3.16. The molecule has 0 aliphatic rings. The van der Waals surface area contributed by atoms with E-state index in [1.165, 1.54) is 0 Å². The third-order valence-corrected chi connectivity index (χ3v) is 1.36. The van der Waals surface area contributed by atoms with Crippen LogP contribution < -0.4 is 0 Å². The molecule has 0 aromatic heterocycles. The van der Waals surface area contributed by atoms with Gasteiger partial charge >= 0.3 is 0 Å². The molecule has 56 valence electrons. The summed E-state index contributed by atoms with van der Waals surface area (Å²) >= 11 is 0. The number of ether oxygens (including phenoxy) is 1. The molecular weight excluding hydrogens is 112 g/mol. The molecule has 0 aliphatic carbocycles. The highest BCUT2D eigenvalue weighted by atomic mass is 16.5. The molecule has 0 fully saturated rings. The lowest BCUT2D eigenvalue weighted by Gasteiger charge is -2.37. The molecule has 0 rings (SSSR count). The first-order valence-corrected chi connectivity index (χ1v) is 2.86.